The van der Waals surface area contributed by atoms with Crippen molar-refractivity contribution in [2.45, 2.75) is 19.9 Å². The van der Waals surface area contributed by atoms with Crippen LogP contribution in [0.3, 0.4) is 0 Å². The van der Waals surface area contributed by atoms with Gasteiger partial charge in [0.15, 0.2) is 5.82 Å². The topological polar surface area (TPSA) is 68.5 Å². The molecular formula is C12H13ClN6S. The minimum atomic E-state index is 0.252. The highest BCUT2D eigenvalue weighted by Gasteiger charge is 2.11. The Morgan fingerprint density at radius 2 is 2.25 bits per heavy atom. The lowest BCUT2D eigenvalue weighted by atomic mass is 10.3. The van der Waals surface area contributed by atoms with Crippen molar-refractivity contribution < 1.29 is 0 Å². The van der Waals surface area contributed by atoms with E-state index in [0.29, 0.717) is 6.54 Å². The van der Waals surface area contributed by atoms with Gasteiger partial charge in [-0.15, -0.1) is 21.5 Å². The number of aryl methyl sites for hydroxylation is 2. The Labute approximate surface area is 124 Å². The van der Waals surface area contributed by atoms with Crippen molar-refractivity contribution in [1.29, 1.82) is 0 Å². The van der Waals surface area contributed by atoms with Crippen molar-refractivity contribution in [3.05, 3.63) is 28.4 Å². The van der Waals surface area contributed by atoms with Gasteiger partial charge in [0, 0.05) is 11.9 Å². The molecule has 1 N–H and O–H groups in total. The number of aromatic nitrogens is 5. The maximum absolute atomic E-state index is 5.98. The van der Waals surface area contributed by atoms with Crippen LogP contribution in [-0.4, -0.2) is 24.7 Å². The van der Waals surface area contributed by atoms with Crippen molar-refractivity contribution >= 4 is 39.0 Å². The Kier molecular flexibility index (Phi) is 3.54. The summed E-state index contributed by atoms with van der Waals surface area (Å²) in [6.45, 7) is 2.66. The molecular weight excluding hydrogens is 296 g/mol. The number of nitrogens with one attached hydrogen (secondary N) is 1. The third-order valence-corrected chi connectivity index (χ3v) is 4.33. The van der Waals surface area contributed by atoms with Gasteiger partial charge in [-0.2, -0.15) is 0 Å². The predicted molar refractivity (Wildman–Crippen MR) is 80.1 cm³/mol. The molecule has 0 aliphatic heterocycles. The molecule has 0 saturated heterocycles. The molecule has 3 rings (SSSR count). The van der Waals surface area contributed by atoms with Gasteiger partial charge in [0.05, 0.1) is 11.9 Å². The van der Waals surface area contributed by atoms with Gasteiger partial charge in [0.25, 0.3) is 0 Å². The van der Waals surface area contributed by atoms with E-state index >= 15 is 0 Å². The van der Waals surface area contributed by atoms with Crippen LogP contribution in [0.4, 0.5) is 5.82 Å². The van der Waals surface area contributed by atoms with Crippen LogP contribution in [0.5, 0.6) is 0 Å². The summed E-state index contributed by atoms with van der Waals surface area (Å²) < 4.78 is 1.86. The lowest BCUT2D eigenvalue weighted by Gasteiger charge is -2.06. The number of thiophene rings is 1. The lowest BCUT2D eigenvalue weighted by molar-refractivity contribution is 0.810. The summed E-state index contributed by atoms with van der Waals surface area (Å²) in [4.78, 5) is 10.7. The molecule has 8 heteroatoms. The molecule has 0 aliphatic carbocycles. The number of rotatable bonds is 4. The van der Waals surface area contributed by atoms with E-state index in [1.165, 1.54) is 4.88 Å². The molecule has 0 atom stereocenters. The summed E-state index contributed by atoms with van der Waals surface area (Å²) in [5.41, 5.74) is 0. The molecule has 0 radical (unpaired) electrons. The summed E-state index contributed by atoms with van der Waals surface area (Å²) in [5.74, 6) is 1.57. The molecule has 0 bridgehead atoms. The average molecular weight is 309 g/mol. The van der Waals surface area contributed by atoms with E-state index in [2.05, 4.69) is 38.5 Å². The van der Waals surface area contributed by atoms with E-state index in [1.54, 1.807) is 17.7 Å². The second kappa shape index (κ2) is 5.34. The van der Waals surface area contributed by atoms with E-state index in [0.717, 1.165) is 28.3 Å². The Balaban J connectivity index is 1.93. The van der Waals surface area contributed by atoms with Crippen LogP contribution in [0.1, 0.15) is 17.6 Å². The van der Waals surface area contributed by atoms with Crippen LogP contribution < -0.4 is 5.32 Å². The zero-order valence-corrected chi connectivity index (χ0v) is 12.7. The summed E-state index contributed by atoms with van der Waals surface area (Å²) >= 11 is 7.62. The standard InChI is InChI=1S/C12H13ClN6S/c1-3-7-4-8-10(16-12(13)17-11(8)20-7)14-5-9-18-15-6-19(9)2/h4,6H,3,5H2,1-2H3,(H,14,16,17). The Morgan fingerprint density at radius 3 is 2.95 bits per heavy atom. The van der Waals surface area contributed by atoms with Crippen LogP contribution >= 0.6 is 22.9 Å². The SMILES string of the molecule is CCc1cc2c(NCc3nncn3C)nc(Cl)nc2s1. The highest BCUT2D eigenvalue weighted by atomic mass is 35.5. The van der Waals surface area contributed by atoms with E-state index in [4.69, 9.17) is 11.6 Å². The van der Waals surface area contributed by atoms with Gasteiger partial charge < -0.3 is 9.88 Å². The average Bonchev–Trinajstić information content (AvgIpc) is 3.01. The van der Waals surface area contributed by atoms with Crippen LogP contribution in [0.15, 0.2) is 12.4 Å². The minimum absolute atomic E-state index is 0.252. The first-order chi connectivity index (χ1) is 9.67. The first kappa shape index (κ1) is 13.3. The van der Waals surface area contributed by atoms with Crippen LogP contribution in [0.25, 0.3) is 10.2 Å². The Bertz CT molecular complexity index is 750. The number of nitrogens with zero attached hydrogens (tertiary/aromatic N) is 5. The zero-order valence-electron chi connectivity index (χ0n) is 11.1. The van der Waals surface area contributed by atoms with Gasteiger partial charge in [0.1, 0.15) is 17.0 Å². The number of anilines is 1. The normalized spacial score (nSPS) is 11.2. The van der Waals surface area contributed by atoms with E-state index in [-0.39, 0.29) is 5.28 Å². The molecule has 3 aromatic heterocycles. The molecule has 0 amide bonds. The Morgan fingerprint density at radius 1 is 1.40 bits per heavy atom. The Hall–Kier alpha value is -1.73. The highest BCUT2D eigenvalue weighted by Crippen LogP contribution is 2.30. The quantitative estimate of drug-likeness (QED) is 0.750. The maximum Gasteiger partial charge on any atom is 0.225 e. The number of hydrogen-bond donors (Lipinski definition) is 1. The fourth-order valence-corrected chi connectivity index (χ4v) is 3.07. The number of fused-ring (bicyclic) bond motifs is 1. The van der Waals surface area contributed by atoms with Crippen LogP contribution in [-0.2, 0) is 20.0 Å². The minimum Gasteiger partial charge on any atom is -0.362 e. The smallest absolute Gasteiger partial charge is 0.225 e. The first-order valence-electron chi connectivity index (χ1n) is 6.20. The van der Waals surface area contributed by atoms with E-state index in [9.17, 15) is 0 Å². The monoisotopic (exact) mass is 308 g/mol. The van der Waals surface area contributed by atoms with Crippen molar-refractivity contribution in [3.63, 3.8) is 0 Å². The van der Waals surface area contributed by atoms with Gasteiger partial charge in [-0.1, -0.05) is 6.92 Å². The third-order valence-electron chi connectivity index (χ3n) is 2.98. The maximum atomic E-state index is 5.98. The fourth-order valence-electron chi connectivity index (χ4n) is 1.88. The largest absolute Gasteiger partial charge is 0.362 e. The summed E-state index contributed by atoms with van der Waals surface area (Å²) in [7, 11) is 1.90. The van der Waals surface area contributed by atoms with Crippen molar-refractivity contribution in [2.24, 2.45) is 7.05 Å². The molecule has 104 valence electrons. The van der Waals surface area contributed by atoms with Crippen LogP contribution in [0.2, 0.25) is 5.28 Å². The highest BCUT2D eigenvalue weighted by molar-refractivity contribution is 7.18. The van der Waals surface area contributed by atoms with Crippen molar-refractivity contribution in [1.82, 2.24) is 24.7 Å². The fraction of sp³-hybridized carbons (Fsp3) is 0.333. The molecule has 0 fully saturated rings. The summed E-state index contributed by atoms with van der Waals surface area (Å²) in [5, 5.41) is 12.4. The lowest BCUT2D eigenvalue weighted by Crippen LogP contribution is -2.07. The van der Waals surface area contributed by atoms with Gasteiger partial charge in [-0.3, -0.25) is 0 Å². The van der Waals surface area contributed by atoms with Crippen molar-refractivity contribution in [2.75, 3.05) is 5.32 Å². The first-order valence-corrected chi connectivity index (χ1v) is 7.39. The predicted octanol–water partition coefficient (Wildman–Crippen LogP) is 2.65. The van der Waals surface area contributed by atoms with Gasteiger partial charge in [0.2, 0.25) is 5.28 Å². The van der Waals surface area contributed by atoms with Gasteiger partial charge in [-0.05, 0) is 24.1 Å². The van der Waals surface area contributed by atoms with Gasteiger partial charge in [-0.25, -0.2) is 9.97 Å². The second-order valence-corrected chi connectivity index (χ2v) is 5.79. The third kappa shape index (κ3) is 2.46. The molecule has 0 unspecified atom stereocenters. The van der Waals surface area contributed by atoms with Crippen molar-refractivity contribution in [3.8, 4) is 0 Å². The molecule has 3 aromatic rings. The molecule has 0 aliphatic rings. The van der Waals surface area contributed by atoms with Crippen LogP contribution in [0, 0.1) is 0 Å². The molecule has 20 heavy (non-hydrogen) atoms. The van der Waals surface area contributed by atoms with Gasteiger partial charge >= 0.3 is 0 Å². The number of halogens is 1. The number of hydrogen-bond acceptors (Lipinski definition) is 6. The molecule has 0 aromatic carbocycles. The molecule has 6 nitrogen and oxygen atoms in total. The second-order valence-electron chi connectivity index (χ2n) is 4.34. The van der Waals surface area contributed by atoms with E-state index in [1.807, 2.05) is 11.6 Å². The zero-order chi connectivity index (χ0) is 14.1. The molecule has 3 heterocycles. The molecule has 0 spiro atoms. The summed E-state index contributed by atoms with van der Waals surface area (Å²) in [6.07, 6.45) is 2.64. The van der Waals surface area contributed by atoms with E-state index < -0.39 is 0 Å². The molecule has 0 saturated carbocycles. The summed E-state index contributed by atoms with van der Waals surface area (Å²) in [6, 6.07) is 2.11.